The van der Waals surface area contributed by atoms with Crippen LogP contribution in [0.2, 0.25) is 0 Å². The van der Waals surface area contributed by atoms with Gasteiger partial charge in [-0.25, -0.2) is 0 Å². The summed E-state index contributed by atoms with van der Waals surface area (Å²) in [6, 6.07) is 8.45. The molecule has 19 heavy (non-hydrogen) atoms. The highest BCUT2D eigenvalue weighted by molar-refractivity contribution is 5.29. The van der Waals surface area contributed by atoms with Crippen molar-refractivity contribution < 1.29 is 9.47 Å². The van der Waals surface area contributed by atoms with Crippen LogP contribution in [0.1, 0.15) is 45.2 Å². The average molecular weight is 265 g/mol. The molecule has 0 amide bonds. The van der Waals surface area contributed by atoms with Crippen molar-refractivity contribution in [2.24, 2.45) is 0 Å². The van der Waals surface area contributed by atoms with Gasteiger partial charge in [0.15, 0.2) is 0 Å². The van der Waals surface area contributed by atoms with E-state index in [9.17, 15) is 0 Å². The van der Waals surface area contributed by atoms with Crippen LogP contribution in [0.15, 0.2) is 24.3 Å². The molecular formula is C16H27NO2. The van der Waals surface area contributed by atoms with Crippen molar-refractivity contribution in [1.82, 2.24) is 5.32 Å². The minimum atomic E-state index is 0.250. The number of benzene rings is 1. The topological polar surface area (TPSA) is 30.5 Å². The standard InChI is InChI=1S/C16H27NO2/c1-5-11-17-16(12-19-13(3)6-2)14-7-9-15(18-4)10-8-14/h7-10,13,16-17H,5-6,11-12H2,1-4H3. The first-order chi connectivity index (χ1) is 9.21. The van der Waals surface area contributed by atoms with Crippen molar-refractivity contribution in [2.45, 2.75) is 45.8 Å². The Morgan fingerprint density at radius 2 is 1.84 bits per heavy atom. The lowest BCUT2D eigenvalue weighted by Gasteiger charge is -2.21. The molecule has 1 rings (SSSR count). The number of ether oxygens (including phenoxy) is 2. The van der Waals surface area contributed by atoms with Crippen LogP contribution in [0.4, 0.5) is 0 Å². The van der Waals surface area contributed by atoms with E-state index in [0.717, 1.165) is 25.1 Å². The first kappa shape index (κ1) is 16.0. The lowest BCUT2D eigenvalue weighted by Crippen LogP contribution is -2.27. The molecule has 0 aliphatic heterocycles. The molecule has 0 aliphatic rings. The molecule has 1 aromatic rings. The molecule has 2 unspecified atom stereocenters. The second-order valence-corrected chi connectivity index (χ2v) is 4.83. The van der Waals surface area contributed by atoms with Crippen LogP contribution in [-0.2, 0) is 4.74 Å². The van der Waals surface area contributed by atoms with Crippen molar-refractivity contribution in [1.29, 1.82) is 0 Å². The molecular weight excluding hydrogens is 238 g/mol. The second-order valence-electron chi connectivity index (χ2n) is 4.83. The summed E-state index contributed by atoms with van der Waals surface area (Å²) in [5.74, 6) is 0.890. The lowest BCUT2D eigenvalue weighted by atomic mass is 10.1. The quantitative estimate of drug-likeness (QED) is 0.740. The SMILES string of the molecule is CCCNC(COC(C)CC)c1ccc(OC)cc1. The fourth-order valence-corrected chi connectivity index (χ4v) is 1.81. The van der Waals surface area contributed by atoms with Gasteiger partial charge in [0, 0.05) is 0 Å². The second kappa shape index (κ2) is 8.94. The van der Waals surface area contributed by atoms with E-state index in [1.807, 2.05) is 12.1 Å². The Hall–Kier alpha value is -1.06. The Balaban J connectivity index is 2.65. The Morgan fingerprint density at radius 1 is 1.16 bits per heavy atom. The summed E-state index contributed by atoms with van der Waals surface area (Å²) in [5, 5.41) is 3.54. The first-order valence-electron chi connectivity index (χ1n) is 7.20. The molecule has 0 aromatic heterocycles. The highest BCUT2D eigenvalue weighted by Crippen LogP contribution is 2.18. The number of nitrogens with one attached hydrogen (secondary N) is 1. The van der Waals surface area contributed by atoms with Crippen LogP contribution in [0.5, 0.6) is 5.75 Å². The van der Waals surface area contributed by atoms with Crippen molar-refractivity contribution >= 4 is 0 Å². The maximum Gasteiger partial charge on any atom is 0.118 e. The molecule has 1 N–H and O–H groups in total. The van der Waals surface area contributed by atoms with E-state index in [1.54, 1.807) is 7.11 Å². The average Bonchev–Trinajstić information content (AvgIpc) is 2.47. The summed E-state index contributed by atoms with van der Waals surface area (Å²) in [6.45, 7) is 8.15. The summed E-state index contributed by atoms with van der Waals surface area (Å²) in [5.41, 5.74) is 1.25. The van der Waals surface area contributed by atoms with Gasteiger partial charge in [-0.1, -0.05) is 26.0 Å². The van der Waals surface area contributed by atoms with E-state index >= 15 is 0 Å². The van der Waals surface area contributed by atoms with Crippen LogP contribution in [-0.4, -0.2) is 26.4 Å². The summed E-state index contributed by atoms with van der Waals surface area (Å²) >= 11 is 0. The van der Waals surface area contributed by atoms with Crippen LogP contribution < -0.4 is 10.1 Å². The van der Waals surface area contributed by atoms with Gasteiger partial charge in [0.1, 0.15) is 5.75 Å². The molecule has 0 saturated carbocycles. The molecule has 3 nitrogen and oxygen atoms in total. The zero-order chi connectivity index (χ0) is 14.1. The maximum absolute atomic E-state index is 5.87. The van der Waals surface area contributed by atoms with E-state index in [2.05, 4.69) is 38.2 Å². The Morgan fingerprint density at radius 3 is 2.37 bits per heavy atom. The predicted octanol–water partition coefficient (Wildman–Crippen LogP) is 3.55. The van der Waals surface area contributed by atoms with Crippen LogP contribution in [0, 0.1) is 0 Å². The molecule has 0 spiro atoms. The van der Waals surface area contributed by atoms with Gasteiger partial charge in [0.25, 0.3) is 0 Å². The Bertz CT molecular complexity index is 337. The van der Waals surface area contributed by atoms with E-state index < -0.39 is 0 Å². The number of rotatable bonds is 9. The fraction of sp³-hybridized carbons (Fsp3) is 0.625. The van der Waals surface area contributed by atoms with Gasteiger partial charge >= 0.3 is 0 Å². The van der Waals surface area contributed by atoms with Gasteiger partial charge in [-0.2, -0.15) is 0 Å². The van der Waals surface area contributed by atoms with Crippen molar-refractivity contribution in [3.63, 3.8) is 0 Å². The van der Waals surface area contributed by atoms with Gasteiger partial charge in [0.2, 0.25) is 0 Å². The van der Waals surface area contributed by atoms with Gasteiger partial charge in [-0.3, -0.25) is 0 Å². The third-order valence-electron chi connectivity index (χ3n) is 3.28. The molecule has 0 saturated heterocycles. The Kier molecular flexibility index (Phi) is 7.53. The molecule has 0 aliphatic carbocycles. The summed E-state index contributed by atoms with van der Waals surface area (Å²) in [4.78, 5) is 0. The maximum atomic E-state index is 5.87. The Labute approximate surface area is 117 Å². The molecule has 108 valence electrons. The number of methoxy groups -OCH3 is 1. The molecule has 0 heterocycles. The third-order valence-corrected chi connectivity index (χ3v) is 3.28. The monoisotopic (exact) mass is 265 g/mol. The predicted molar refractivity (Wildman–Crippen MR) is 79.7 cm³/mol. The number of hydrogen-bond donors (Lipinski definition) is 1. The normalized spacial score (nSPS) is 14.1. The van der Waals surface area contributed by atoms with E-state index in [0.29, 0.717) is 12.7 Å². The molecule has 1 aromatic carbocycles. The molecule has 2 atom stereocenters. The largest absolute Gasteiger partial charge is 0.497 e. The molecule has 0 fully saturated rings. The van der Waals surface area contributed by atoms with Crippen molar-refractivity contribution in [2.75, 3.05) is 20.3 Å². The minimum Gasteiger partial charge on any atom is -0.497 e. The van der Waals surface area contributed by atoms with Gasteiger partial charge < -0.3 is 14.8 Å². The van der Waals surface area contributed by atoms with Gasteiger partial charge in [-0.05, 0) is 44.0 Å². The van der Waals surface area contributed by atoms with Gasteiger partial charge in [0.05, 0.1) is 25.9 Å². The lowest BCUT2D eigenvalue weighted by molar-refractivity contribution is 0.0474. The third kappa shape index (κ3) is 5.62. The molecule has 3 heteroatoms. The van der Waals surface area contributed by atoms with Crippen LogP contribution in [0.3, 0.4) is 0 Å². The van der Waals surface area contributed by atoms with Crippen molar-refractivity contribution in [3.05, 3.63) is 29.8 Å². The highest BCUT2D eigenvalue weighted by atomic mass is 16.5. The summed E-state index contributed by atoms with van der Waals surface area (Å²) in [6.07, 6.45) is 2.48. The smallest absolute Gasteiger partial charge is 0.118 e. The molecule has 0 bridgehead atoms. The van der Waals surface area contributed by atoms with Crippen LogP contribution in [0.25, 0.3) is 0 Å². The van der Waals surface area contributed by atoms with E-state index in [4.69, 9.17) is 9.47 Å². The highest BCUT2D eigenvalue weighted by Gasteiger charge is 2.12. The minimum absolute atomic E-state index is 0.250. The molecule has 0 radical (unpaired) electrons. The van der Waals surface area contributed by atoms with E-state index in [1.165, 1.54) is 5.56 Å². The number of hydrogen-bond acceptors (Lipinski definition) is 3. The summed E-state index contributed by atoms with van der Waals surface area (Å²) in [7, 11) is 1.69. The first-order valence-corrected chi connectivity index (χ1v) is 7.20. The van der Waals surface area contributed by atoms with Crippen LogP contribution >= 0.6 is 0 Å². The van der Waals surface area contributed by atoms with Gasteiger partial charge in [-0.15, -0.1) is 0 Å². The summed E-state index contributed by atoms with van der Waals surface area (Å²) < 4.78 is 11.1. The fourth-order valence-electron chi connectivity index (χ4n) is 1.81. The van der Waals surface area contributed by atoms with Crippen molar-refractivity contribution in [3.8, 4) is 5.75 Å². The zero-order valence-electron chi connectivity index (χ0n) is 12.6. The van der Waals surface area contributed by atoms with E-state index in [-0.39, 0.29) is 6.04 Å². The zero-order valence-corrected chi connectivity index (χ0v) is 12.6.